The summed E-state index contributed by atoms with van der Waals surface area (Å²) in [4.78, 5) is 4.37. The van der Waals surface area contributed by atoms with Crippen LogP contribution >= 0.6 is 0 Å². The Hall–Kier alpha value is -1.11. The number of allylic oxidation sites excluding steroid dienone is 3. The number of hydrogen-bond donors (Lipinski definition) is 0. The predicted molar refractivity (Wildman–Crippen MR) is 56.5 cm³/mol. The molecule has 1 nitrogen and oxygen atoms in total. The maximum absolute atomic E-state index is 4.37. The molecule has 0 aliphatic rings. The zero-order valence-corrected chi connectivity index (χ0v) is 8.44. The van der Waals surface area contributed by atoms with Gasteiger partial charge in [-0.1, -0.05) is 18.7 Å². The average Bonchev–Trinajstić information content (AvgIpc) is 1.98. The largest absolute Gasteiger partial charge is 0.254 e. The molecule has 0 aromatic rings. The van der Waals surface area contributed by atoms with Gasteiger partial charge < -0.3 is 0 Å². The van der Waals surface area contributed by atoms with Crippen LogP contribution in [0.2, 0.25) is 0 Å². The van der Waals surface area contributed by atoms with E-state index in [0.29, 0.717) is 0 Å². The summed E-state index contributed by atoms with van der Waals surface area (Å²) in [6.45, 7) is 15.5. The van der Waals surface area contributed by atoms with Crippen molar-refractivity contribution >= 4 is 5.71 Å². The summed E-state index contributed by atoms with van der Waals surface area (Å²) in [5, 5.41) is 0. The highest BCUT2D eigenvalue weighted by Crippen LogP contribution is 2.14. The Kier molecular flexibility index (Phi) is 4.27. The van der Waals surface area contributed by atoms with E-state index in [2.05, 4.69) is 18.2 Å². The molecule has 0 aliphatic heterocycles. The van der Waals surface area contributed by atoms with Crippen LogP contribution in [0.1, 0.15) is 27.7 Å². The van der Waals surface area contributed by atoms with E-state index >= 15 is 0 Å². The number of aliphatic imine (C=N–C) groups is 1. The Morgan fingerprint density at radius 2 is 1.67 bits per heavy atom. The molecule has 12 heavy (non-hydrogen) atoms. The van der Waals surface area contributed by atoms with Gasteiger partial charge in [0.1, 0.15) is 0 Å². The van der Waals surface area contributed by atoms with Gasteiger partial charge in [-0.3, -0.25) is 4.99 Å². The van der Waals surface area contributed by atoms with Crippen LogP contribution in [0.3, 0.4) is 0 Å². The van der Waals surface area contributed by atoms with Crippen LogP contribution < -0.4 is 0 Å². The van der Waals surface area contributed by atoms with E-state index in [1.165, 1.54) is 5.57 Å². The molecule has 0 rings (SSSR count). The van der Waals surface area contributed by atoms with Gasteiger partial charge in [-0.25, -0.2) is 0 Å². The minimum absolute atomic E-state index is 0.925. The molecule has 0 heterocycles. The van der Waals surface area contributed by atoms with Crippen molar-refractivity contribution in [2.45, 2.75) is 27.7 Å². The van der Waals surface area contributed by atoms with Crippen molar-refractivity contribution in [1.29, 1.82) is 0 Å². The predicted octanol–water partition coefficient (Wildman–Crippen LogP) is 3.50. The molecular weight excluding hydrogens is 146 g/mol. The van der Waals surface area contributed by atoms with E-state index in [-0.39, 0.29) is 0 Å². The van der Waals surface area contributed by atoms with Gasteiger partial charge in [-0.2, -0.15) is 0 Å². The average molecular weight is 163 g/mol. The summed E-state index contributed by atoms with van der Waals surface area (Å²) in [5.41, 5.74) is 4.08. The Morgan fingerprint density at radius 3 is 1.92 bits per heavy atom. The maximum Gasteiger partial charge on any atom is 0.0642 e. The van der Waals surface area contributed by atoms with Crippen molar-refractivity contribution in [3.05, 3.63) is 36.1 Å². The lowest BCUT2D eigenvalue weighted by Gasteiger charge is -2.03. The van der Waals surface area contributed by atoms with E-state index in [0.717, 1.165) is 17.0 Å². The van der Waals surface area contributed by atoms with Crippen molar-refractivity contribution < 1.29 is 0 Å². The molecule has 0 fully saturated rings. The third kappa shape index (κ3) is 3.33. The van der Waals surface area contributed by atoms with Crippen LogP contribution in [-0.4, -0.2) is 5.71 Å². The quantitative estimate of drug-likeness (QED) is 0.446. The summed E-state index contributed by atoms with van der Waals surface area (Å²) in [6, 6.07) is 0. The maximum atomic E-state index is 4.37. The molecule has 0 aromatic heterocycles. The van der Waals surface area contributed by atoms with Gasteiger partial charge in [0.2, 0.25) is 0 Å². The summed E-state index contributed by atoms with van der Waals surface area (Å²) in [7, 11) is 0. The Balaban J connectivity index is 4.94. The zero-order valence-electron chi connectivity index (χ0n) is 8.44. The minimum Gasteiger partial charge on any atom is -0.254 e. The molecule has 66 valence electrons. The standard InChI is InChI=1S/C11H17N/c1-7-10(6)12-11(8(2)3)9(4)5/h7H,1-2H2,3-6H3. The van der Waals surface area contributed by atoms with E-state index in [4.69, 9.17) is 0 Å². The van der Waals surface area contributed by atoms with Crippen molar-refractivity contribution in [3.63, 3.8) is 0 Å². The van der Waals surface area contributed by atoms with E-state index in [1.807, 2.05) is 27.7 Å². The van der Waals surface area contributed by atoms with Gasteiger partial charge in [0, 0.05) is 5.71 Å². The van der Waals surface area contributed by atoms with Gasteiger partial charge in [0.25, 0.3) is 0 Å². The van der Waals surface area contributed by atoms with Gasteiger partial charge >= 0.3 is 0 Å². The second-order valence-corrected chi connectivity index (χ2v) is 3.09. The molecule has 0 aliphatic carbocycles. The van der Waals surface area contributed by atoms with E-state index in [9.17, 15) is 0 Å². The number of rotatable bonds is 3. The van der Waals surface area contributed by atoms with Gasteiger partial charge in [-0.05, 0) is 39.3 Å². The molecule has 0 aromatic carbocycles. The highest BCUT2D eigenvalue weighted by atomic mass is 14.8. The van der Waals surface area contributed by atoms with Crippen LogP contribution in [0.25, 0.3) is 0 Å². The van der Waals surface area contributed by atoms with Crippen molar-refractivity contribution in [2.24, 2.45) is 4.99 Å². The molecule has 0 spiro atoms. The van der Waals surface area contributed by atoms with Crippen LogP contribution in [-0.2, 0) is 0 Å². The molecular formula is C11H17N. The SMILES string of the molecule is C=CC(C)=NC(C(=C)C)=C(C)C. The summed E-state index contributed by atoms with van der Waals surface area (Å²) < 4.78 is 0. The second-order valence-electron chi connectivity index (χ2n) is 3.09. The highest BCUT2D eigenvalue weighted by molar-refractivity contribution is 5.93. The molecule has 0 radical (unpaired) electrons. The molecule has 0 atom stereocenters. The lowest BCUT2D eigenvalue weighted by molar-refractivity contribution is 1.19. The zero-order chi connectivity index (χ0) is 9.72. The van der Waals surface area contributed by atoms with Gasteiger partial charge in [0.05, 0.1) is 5.70 Å². The molecule has 0 saturated carbocycles. The number of nitrogens with zero attached hydrogens (tertiary/aromatic N) is 1. The van der Waals surface area contributed by atoms with Crippen LogP contribution in [0.5, 0.6) is 0 Å². The molecule has 0 unspecified atom stereocenters. The van der Waals surface area contributed by atoms with E-state index < -0.39 is 0 Å². The normalized spacial score (nSPS) is 10.8. The minimum atomic E-state index is 0.925. The Bertz CT molecular complexity index is 250. The third-order valence-electron chi connectivity index (χ3n) is 1.46. The van der Waals surface area contributed by atoms with Crippen LogP contribution in [0.15, 0.2) is 41.1 Å². The Labute approximate surface area is 75.2 Å². The van der Waals surface area contributed by atoms with Crippen LogP contribution in [0, 0.1) is 0 Å². The molecule has 0 amide bonds. The first-order chi connectivity index (χ1) is 5.49. The Morgan fingerprint density at radius 1 is 1.17 bits per heavy atom. The monoisotopic (exact) mass is 163 g/mol. The van der Waals surface area contributed by atoms with Gasteiger partial charge in [-0.15, -0.1) is 0 Å². The second kappa shape index (κ2) is 4.70. The number of hydrogen-bond acceptors (Lipinski definition) is 1. The molecule has 1 heteroatoms. The molecule has 0 saturated heterocycles. The van der Waals surface area contributed by atoms with Crippen molar-refractivity contribution in [2.75, 3.05) is 0 Å². The fourth-order valence-corrected chi connectivity index (χ4v) is 0.856. The van der Waals surface area contributed by atoms with Gasteiger partial charge in [0.15, 0.2) is 0 Å². The highest BCUT2D eigenvalue weighted by Gasteiger charge is 1.97. The third-order valence-corrected chi connectivity index (χ3v) is 1.46. The fourth-order valence-electron chi connectivity index (χ4n) is 0.856. The summed E-state index contributed by atoms with van der Waals surface area (Å²) >= 11 is 0. The first-order valence-electron chi connectivity index (χ1n) is 4.00. The first-order valence-corrected chi connectivity index (χ1v) is 4.00. The summed E-state index contributed by atoms with van der Waals surface area (Å²) in [5.74, 6) is 0. The van der Waals surface area contributed by atoms with Crippen molar-refractivity contribution in [3.8, 4) is 0 Å². The lowest BCUT2D eigenvalue weighted by Crippen LogP contribution is -1.90. The topological polar surface area (TPSA) is 12.4 Å². The van der Waals surface area contributed by atoms with E-state index in [1.54, 1.807) is 6.08 Å². The fraction of sp³-hybridized carbons (Fsp3) is 0.364. The van der Waals surface area contributed by atoms with Crippen LogP contribution in [0.4, 0.5) is 0 Å². The molecule has 0 N–H and O–H groups in total. The lowest BCUT2D eigenvalue weighted by atomic mass is 10.1. The summed E-state index contributed by atoms with van der Waals surface area (Å²) in [6.07, 6.45) is 1.74. The smallest absolute Gasteiger partial charge is 0.0642 e. The first kappa shape index (κ1) is 10.9. The van der Waals surface area contributed by atoms with Crippen molar-refractivity contribution in [1.82, 2.24) is 0 Å². The molecule has 0 bridgehead atoms.